The molecule has 1 heteroatoms. The first-order valence-electron chi connectivity index (χ1n) is 18.7. The Morgan fingerprint density at radius 3 is 1.85 bits per heavy atom. The maximum Gasteiger partial charge on any atom is 0.0551 e. The van der Waals surface area contributed by atoms with Gasteiger partial charge in [-0.15, -0.1) is 0 Å². The summed E-state index contributed by atoms with van der Waals surface area (Å²) in [7, 11) is 0. The van der Waals surface area contributed by atoms with Gasteiger partial charge in [-0.1, -0.05) is 170 Å². The number of fused-ring (bicyclic) bond motifs is 14. The Hall–Kier alpha value is -6.70. The van der Waals surface area contributed by atoms with Crippen LogP contribution in [0.4, 0.5) is 0 Å². The number of hydrogen-bond acceptors (Lipinski definition) is 0. The van der Waals surface area contributed by atoms with Gasteiger partial charge in [-0.3, -0.25) is 0 Å². The van der Waals surface area contributed by atoms with E-state index in [2.05, 4.69) is 181 Å². The molecule has 2 aliphatic rings. The third-order valence-electron chi connectivity index (χ3n) is 12.1. The zero-order chi connectivity index (χ0) is 34.6. The second-order valence-corrected chi connectivity index (χ2v) is 14.8. The van der Waals surface area contributed by atoms with E-state index in [-0.39, 0.29) is 0 Å². The lowest BCUT2D eigenvalue weighted by Crippen LogP contribution is -2.12. The van der Waals surface area contributed by atoms with Crippen LogP contribution in [0.25, 0.3) is 104 Å². The Kier molecular flexibility index (Phi) is 5.95. The van der Waals surface area contributed by atoms with Gasteiger partial charge in [-0.05, 0) is 99.9 Å². The normalized spacial score (nSPS) is 15.2. The summed E-state index contributed by atoms with van der Waals surface area (Å²) < 4.78 is 0. The van der Waals surface area contributed by atoms with E-state index < -0.39 is 0 Å². The molecule has 53 heavy (non-hydrogen) atoms. The van der Waals surface area contributed by atoms with Crippen LogP contribution in [0.15, 0.2) is 175 Å². The minimum atomic E-state index is 0.440. The number of allylic oxidation sites excluding steroid dienone is 5. The molecule has 1 nitrogen and oxygen atoms in total. The molecule has 1 unspecified atom stereocenters. The average molecular weight is 672 g/mol. The van der Waals surface area contributed by atoms with Crippen molar-refractivity contribution in [2.24, 2.45) is 5.92 Å². The van der Waals surface area contributed by atoms with Crippen molar-refractivity contribution in [2.45, 2.75) is 6.42 Å². The molecule has 0 spiro atoms. The van der Waals surface area contributed by atoms with Crippen molar-refractivity contribution in [1.29, 1.82) is 0 Å². The molecule has 1 aromatic heterocycles. The monoisotopic (exact) mass is 671 g/mol. The van der Waals surface area contributed by atoms with Gasteiger partial charge in [-0.25, -0.2) is 0 Å². The van der Waals surface area contributed by atoms with Gasteiger partial charge in [0.15, 0.2) is 0 Å². The summed E-state index contributed by atoms with van der Waals surface area (Å²) in [5.74, 6) is 0.440. The van der Waals surface area contributed by atoms with Crippen LogP contribution in [0.2, 0.25) is 0 Å². The fraction of sp³-hybridized carbons (Fsp3) is 0.0385. The largest absolute Gasteiger partial charge is 0.354 e. The van der Waals surface area contributed by atoms with Gasteiger partial charge in [0.1, 0.15) is 0 Å². The lowest BCUT2D eigenvalue weighted by atomic mass is 9.78. The number of aromatic nitrogens is 1. The minimum absolute atomic E-state index is 0.440. The smallest absolute Gasteiger partial charge is 0.0551 e. The quantitative estimate of drug-likeness (QED) is 0.139. The second-order valence-electron chi connectivity index (χ2n) is 14.8. The van der Waals surface area contributed by atoms with Crippen LogP contribution in [0.3, 0.4) is 0 Å². The van der Waals surface area contributed by atoms with Crippen molar-refractivity contribution in [2.75, 3.05) is 0 Å². The molecule has 0 saturated carbocycles. The van der Waals surface area contributed by atoms with Crippen LogP contribution in [-0.4, -0.2) is 4.98 Å². The van der Waals surface area contributed by atoms with Crippen LogP contribution in [0.5, 0.6) is 0 Å². The molecule has 2 aliphatic carbocycles. The van der Waals surface area contributed by atoms with E-state index in [0.29, 0.717) is 5.92 Å². The highest BCUT2D eigenvalue weighted by atomic mass is 14.7. The van der Waals surface area contributed by atoms with Gasteiger partial charge in [0, 0.05) is 27.6 Å². The lowest BCUT2D eigenvalue weighted by molar-refractivity contribution is 0.764. The Bertz CT molecular complexity index is 3250. The van der Waals surface area contributed by atoms with E-state index >= 15 is 0 Å². The zero-order valence-electron chi connectivity index (χ0n) is 29.0. The summed E-state index contributed by atoms with van der Waals surface area (Å²) in [4.78, 5) is 3.91. The molecule has 9 aromatic carbocycles. The van der Waals surface area contributed by atoms with Gasteiger partial charge in [-0.2, -0.15) is 0 Å². The van der Waals surface area contributed by atoms with E-state index in [4.69, 9.17) is 0 Å². The molecule has 10 aromatic rings. The summed E-state index contributed by atoms with van der Waals surface area (Å²) in [5, 5.41) is 15.5. The predicted molar refractivity (Wildman–Crippen MR) is 228 cm³/mol. The topological polar surface area (TPSA) is 15.8 Å². The van der Waals surface area contributed by atoms with Crippen molar-refractivity contribution < 1.29 is 0 Å². The Balaban J connectivity index is 1.12. The maximum absolute atomic E-state index is 3.91. The summed E-state index contributed by atoms with van der Waals surface area (Å²) in [6, 6.07) is 54.4. The molecule has 246 valence electrons. The summed E-state index contributed by atoms with van der Waals surface area (Å²) in [6.45, 7) is 0. The van der Waals surface area contributed by atoms with Crippen molar-refractivity contribution in [3.05, 3.63) is 187 Å². The van der Waals surface area contributed by atoms with Crippen molar-refractivity contribution in [3.63, 3.8) is 0 Å². The third kappa shape index (κ3) is 4.08. The molecule has 12 rings (SSSR count). The molecule has 1 N–H and O–H groups in total. The molecule has 0 amide bonds. The maximum atomic E-state index is 3.91. The van der Waals surface area contributed by atoms with Crippen LogP contribution in [0.1, 0.15) is 11.1 Å². The highest BCUT2D eigenvalue weighted by Crippen LogP contribution is 2.48. The molecule has 0 aliphatic heterocycles. The summed E-state index contributed by atoms with van der Waals surface area (Å²) >= 11 is 0. The summed E-state index contributed by atoms with van der Waals surface area (Å²) in [5.41, 5.74) is 11.7. The lowest BCUT2D eigenvalue weighted by Gasteiger charge is -2.26. The number of hydrogen-bond donors (Lipinski definition) is 1. The van der Waals surface area contributed by atoms with Crippen LogP contribution >= 0.6 is 0 Å². The zero-order valence-corrected chi connectivity index (χ0v) is 29.0. The highest BCUT2D eigenvalue weighted by Gasteiger charge is 2.24. The Morgan fingerprint density at radius 2 is 1.09 bits per heavy atom. The first-order valence-corrected chi connectivity index (χ1v) is 18.7. The van der Waals surface area contributed by atoms with Gasteiger partial charge in [0.2, 0.25) is 0 Å². The fourth-order valence-corrected chi connectivity index (χ4v) is 9.79. The average Bonchev–Trinajstić information content (AvgIpc) is 3.61. The van der Waals surface area contributed by atoms with Crippen LogP contribution in [0, 0.1) is 5.92 Å². The SMILES string of the molecule is C1=CC2=Cc3ccc4c(-c5c6ccccc6c(-c6ccc7c(c6)[nH]c6c8ccccc8c8ccccc8c76)c6ccccc56)cccc4c3CC2C=C1. The standard InChI is InChI=1S/C52H33N/c1-2-13-32-29-47-33(28-31(32)12-1)24-26-38-37(47)22-11-23-39(38)50-43-19-8-6-17-41(43)49(42-18-7-9-20-44(42)50)34-25-27-46-48(30-34)53-52-45-21-10-4-15-36(45)35-14-3-5-16-40(35)51(46)52/h1-28,30,32,53H,29H2. The van der Waals surface area contributed by atoms with E-state index in [1.807, 2.05) is 0 Å². The molecule has 0 fully saturated rings. The van der Waals surface area contributed by atoms with E-state index in [9.17, 15) is 0 Å². The van der Waals surface area contributed by atoms with Crippen molar-refractivity contribution >= 4 is 81.7 Å². The van der Waals surface area contributed by atoms with Gasteiger partial charge < -0.3 is 4.98 Å². The first-order chi connectivity index (χ1) is 26.3. The van der Waals surface area contributed by atoms with Crippen molar-refractivity contribution in [3.8, 4) is 22.3 Å². The molecule has 1 atom stereocenters. The molecule has 0 bridgehead atoms. The molecule has 0 radical (unpaired) electrons. The van der Waals surface area contributed by atoms with Crippen LogP contribution < -0.4 is 0 Å². The van der Waals surface area contributed by atoms with Crippen molar-refractivity contribution in [1.82, 2.24) is 4.98 Å². The fourth-order valence-electron chi connectivity index (χ4n) is 9.79. The van der Waals surface area contributed by atoms with Crippen LogP contribution in [-0.2, 0) is 6.42 Å². The number of rotatable bonds is 2. The second kappa shape index (κ2) is 10.9. The molecule has 0 saturated heterocycles. The Morgan fingerprint density at radius 1 is 0.472 bits per heavy atom. The highest BCUT2D eigenvalue weighted by molar-refractivity contribution is 6.32. The molecule has 1 heterocycles. The number of H-pyrrole nitrogens is 1. The number of benzene rings is 9. The number of nitrogens with one attached hydrogen (secondary N) is 1. The van der Waals surface area contributed by atoms with Gasteiger partial charge >= 0.3 is 0 Å². The first kappa shape index (κ1) is 28.9. The van der Waals surface area contributed by atoms with Gasteiger partial charge in [0.05, 0.1) is 5.52 Å². The Labute approximate surface area is 306 Å². The number of aromatic amines is 1. The predicted octanol–water partition coefficient (Wildman–Crippen LogP) is 14.1. The van der Waals surface area contributed by atoms with E-state index in [0.717, 1.165) is 11.9 Å². The van der Waals surface area contributed by atoms with E-state index in [1.165, 1.54) is 109 Å². The van der Waals surface area contributed by atoms with E-state index in [1.54, 1.807) is 0 Å². The minimum Gasteiger partial charge on any atom is -0.354 e. The summed E-state index contributed by atoms with van der Waals surface area (Å²) in [6.07, 6.45) is 12.4. The molecular weight excluding hydrogens is 639 g/mol. The third-order valence-corrected chi connectivity index (χ3v) is 12.1. The van der Waals surface area contributed by atoms with Gasteiger partial charge in [0.25, 0.3) is 0 Å². The molecular formula is C52H33N.